The zero-order valence-corrected chi connectivity index (χ0v) is 18.3. The topological polar surface area (TPSA) is 66.9 Å². The number of anilines is 1. The second-order valence-electron chi connectivity index (χ2n) is 7.83. The first-order chi connectivity index (χ1) is 14.2. The number of hydrogen-bond acceptors (Lipinski definition) is 4. The van der Waals surface area contributed by atoms with Crippen molar-refractivity contribution < 1.29 is 19.1 Å². The van der Waals surface area contributed by atoms with Crippen LogP contribution in [0.25, 0.3) is 0 Å². The highest BCUT2D eigenvalue weighted by Gasteiger charge is 2.48. The third kappa shape index (κ3) is 4.05. The third-order valence-electron chi connectivity index (χ3n) is 5.59. The maximum Gasteiger partial charge on any atom is 0.257 e. The van der Waals surface area contributed by atoms with Gasteiger partial charge in [-0.15, -0.1) is 0 Å². The summed E-state index contributed by atoms with van der Waals surface area (Å²) < 4.78 is 5.16. The van der Waals surface area contributed by atoms with E-state index < -0.39 is 17.5 Å². The molecule has 0 spiro atoms. The van der Waals surface area contributed by atoms with Crippen LogP contribution < -0.4 is 9.64 Å². The quantitative estimate of drug-likeness (QED) is 0.643. The van der Waals surface area contributed by atoms with E-state index in [4.69, 9.17) is 16.3 Å². The van der Waals surface area contributed by atoms with Crippen LogP contribution in [0.15, 0.2) is 48.5 Å². The van der Waals surface area contributed by atoms with E-state index in [1.807, 2.05) is 20.8 Å². The van der Waals surface area contributed by atoms with Gasteiger partial charge in [-0.2, -0.15) is 0 Å². The van der Waals surface area contributed by atoms with Gasteiger partial charge in [0.1, 0.15) is 11.8 Å². The molecule has 0 radical (unpaired) electrons. The first-order valence-corrected chi connectivity index (χ1v) is 10.2. The molecule has 0 aliphatic carbocycles. The van der Waals surface area contributed by atoms with Crippen molar-refractivity contribution in [3.8, 4) is 5.75 Å². The minimum Gasteiger partial charge on any atom is -0.497 e. The molecule has 1 atom stereocenters. The lowest BCUT2D eigenvalue weighted by Crippen LogP contribution is -2.55. The van der Waals surface area contributed by atoms with Gasteiger partial charge in [0.15, 0.2) is 0 Å². The molecule has 30 heavy (non-hydrogen) atoms. The molecule has 6 nitrogen and oxygen atoms in total. The summed E-state index contributed by atoms with van der Waals surface area (Å²) in [6, 6.07) is 12.4. The summed E-state index contributed by atoms with van der Waals surface area (Å²) in [6.45, 7) is 5.75. The van der Waals surface area contributed by atoms with E-state index in [2.05, 4.69) is 0 Å². The number of carbonyl (C=O) groups excluding carboxylic acids is 3. The van der Waals surface area contributed by atoms with Crippen LogP contribution in [0, 0.1) is 0 Å². The van der Waals surface area contributed by atoms with Crippen molar-refractivity contribution in [1.29, 1.82) is 0 Å². The van der Waals surface area contributed by atoms with Crippen molar-refractivity contribution in [3.63, 3.8) is 0 Å². The Balaban J connectivity index is 1.98. The number of nitrogens with zero attached hydrogens (tertiary/aromatic N) is 2. The zero-order chi connectivity index (χ0) is 22.1. The standard InChI is InChI=1S/C23H25ClN2O4/c1-5-23(2,3)26(21(28)15-6-12-18(30-4)13-7-15)19-14-20(27)25(22(19)29)17-10-8-16(24)9-11-17/h6-13,19H,5,14H2,1-4H3. The lowest BCUT2D eigenvalue weighted by molar-refractivity contribution is -0.123. The summed E-state index contributed by atoms with van der Waals surface area (Å²) >= 11 is 5.93. The molecule has 7 heteroatoms. The number of amides is 3. The van der Waals surface area contributed by atoms with Crippen molar-refractivity contribution >= 4 is 35.0 Å². The van der Waals surface area contributed by atoms with E-state index in [0.29, 0.717) is 28.4 Å². The van der Waals surface area contributed by atoms with Gasteiger partial charge in [0.2, 0.25) is 5.91 Å². The Morgan fingerprint density at radius 3 is 2.27 bits per heavy atom. The van der Waals surface area contributed by atoms with Gasteiger partial charge in [-0.1, -0.05) is 18.5 Å². The number of carbonyl (C=O) groups is 3. The van der Waals surface area contributed by atoms with E-state index in [0.717, 1.165) is 4.90 Å². The van der Waals surface area contributed by atoms with Crippen molar-refractivity contribution in [2.24, 2.45) is 0 Å². The maximum atomic E-state index is 13.5. The number of hydrogen-bond donors (Lipinski definition) is 0. The van der Waals surface area contributed by atoms with Crippen LogP contribution >= 0.6 is 11.6 Å². The van der Waals surface area contributed by atoms with Gasteiger partial charge in [0, 0.05) is 16.1 Å². The monoisotopic (exact) mass is 428 g/mol. The summed E-state index contributed by atoms with van der Waals surface area (Å²) in [7, 11) is 1.55. The van der Waals surface area contributed by atoms with Gasteiger partial charge in [0.25, 0.3) is 11.8 Å². The Hall–Kier alpha value is -2.86. The molecule has 1 aliphatic rings. The second-order valence-corrected chi connectivity index (χ2v) is 8.27. The molecule has 1 fully saturated rings. The summed E-state index contributed by atoms with van der Waals surface area (Å²) in [6.07, 6.45) is 0.556. The zero-order valence-electron chi connectivity index (χ0n) is 17.5. The van der Waals surface area contributed by atoms with Crippen LogP contribution in [-0.2, 0) is 9.59 Å². The molecular formula is C23H25ClN2O4. The fourth-order valence-corrected chi connectivity index (χ4v) is 3.69. The van der Waals surface area contributed by atoms with E-state index in [1.54, 1.807) is 60.5 Å². The van der Waals surface area contributed by atoms with Crippen LogP contribution in [0.3, 0.4) is 0 Å². The molecule has 1 heterocycles. The van der Waals surface area contributed by atoms with E-state index >= 15 is 0 Å². The van der Waals surface area contributed by atoms with Crippen molar-refractivity contribution in [2.45, 2.75) is 45.2 Å². The highest BCUT2D eigenvalue weighted by Crippen LogP contribution is 2.33. The fraction of sp³-hybridized carbons (Fsp3) is 0.348. The van der Waals surface area contributed by atoms with Crippen LogP contribution in [0.2, 0.25) is 5.02 Å². The molecule has 2 aromatic rings. The number of benzene rings is 2. The van der Waals surface area contributed by atoms with E-state index in [-0.39, 0.29) is 18.2 Å². The van der Waals surface area contributed by atoms with Crippen LogP contribution in [0.1, 0.15) is 44.0 Å². The Bertz CT molecular complexity index is 954. The largest absolute Gasteiger partial charge is 0.497 e. The number of imide groups is 1. The lowest BCUT2D eigenvalue weighted by atomic mass is 9.94. The minimum atomic E-state index is -0.877. The Labute approximate surface area is 181 Å². The summed E-state index contributed by atoms with van der Waals surface area (Å²) in [4.78, 5) is 42.2. The minimum absolute atomic E-state index is 0.0627. The molecule has 0 N–H and O–H groups in total. The van der Waals surface area contributed by atoms with Gasteiger partial charge in [-0.05, 0) is 68.8 Å². The maximum absolute atomic E-state index is 13.5. The molecule has 0 bridgehead atoms. The Kier molecular flexibility index (Phi) is 6.17. The molecule has 0 aromatic heterocycles. The van der Waals surface area contributed by atoms with Gasteiger partial charge in [0.05, 0.1) is 19.2 Å². The van der Waals surface area contributed by atoms with Crippen LogP contribution in [-0.4, -0.2) is 41.3 Å². The molecule has 3 amide bonds. The second kappa shape index (κ2) is 8.48. The Morgan fingerprint density at radius 1 is 1.13 bits per heavy atom. The van der Waals surface area contributed by atoms with Crippen molar-refractivity contribution in [3.05, 3.63) is 59.1 Å². The predicted molar refractivity (Wildman–Crippen MR) is 116 cm³/mol. The summed E-state index contributed by atoms with van der Waals surface area (Å²) in [5.74, 6) is -0.417. The number of ether oxygens (including phenoxy) is 1. The summed E-state index contributed by atoms with van der Waals surface area (Å²) in [5, 5.41) is 0.512. The number of halogens is 1. The SMILES string of the molecule is CCC(C)(C)N(C(=O)c1ccc(OC)cc1)C1CC(=O)N(c2ccc(Cl)cc2)C1=O. The molecule has 158 valence electrons. The number of methoxy groups -OCH3 is 1. The van der Waals surface area contributed by atoms with Crippen molar-refractivity contribution in [2.75, 3.05) is 12.0 Å². The lowest BCUT2D eigenvalue weighted by Gasteiger charge is -2.41. The van der Waals surface area contributed by atoms with E-state index in [9.17, 15) is 14.4 Å². The fourth-order valence-electron chi connectivity index (χ4n) is 3.56. The van der Waals surface area contributed by atoms with Crippen LogP contribution in [0.5, 0.6) is 5.75 Å². The average molecular weight is 429 g/mol. The molecule has 2 aromatic carbocycles. The molecule has 0 saturated carbocycles. The van der Waals surface area contributed by atoms with Gasteiger partial charge >= 0.3 is 0 Å². The van der Waals surface area contributed by atoms with Gasteiger partial charge in [-0.25, -0.2) is 4.90 Å². The highest BCUT2D eigenvalue weighted by molar-refractivity contribution is 6.31. The number of rotatable bonds is 6. The summed E-state index contributed by atoms with van der Waals surface area (Å²) in [5.41, 5.74) is 0.249. The predicted octanol–water partition coefficient (Wildman–Crippen LogP) is 4.31. The van der Waals surface area contributed by atoms with Crippen molar-refractivity contribution in [1.82, 2.24) is 4.90 Å². The highest BCUT2D eigenvalue weighted by atomic mass is 35.5. The van der Waals surface area contributed by atoms with Gasteiger partial charge < -0.3 is 9.64 Å². The molecule has 3 rings (SSSR count). The first kappa shape index (κ1) is 21.8. The third-order valence-corrected chi connectivity index (χ3v) is 5.84. The average Bonchev–Trinajstić information content (AvgIpc) is 3.02. The van der Waals surface area contributed by atoms with Crippen LogP contribution in [0.4, 0.5) is 5.69 Å². The normalized spacial score (nSPS) is 16.7. The molecule has 1 unspecified atom stereocenters. The van der Waals surface area contributed by atoms with Gasteiger partial charge in [-0.3, -0.25) is 14.4 Å². The smallest absolute Gasteiger partial charge is 0.257 e. The molecule has 1 saturated heterocycles. The molecular weight excluding hydrogens is 404 g/mol. The molecule has 1 aliphatic heterocycles. The first-order valence-electron chi connectivity index (χ1n) is 9.79. The Morgan fingerprint density at radius 2 is 1.73 bits per heavy atom. The van der Waals surface area contributed by atoms with E-state index in [1.165, 1.54) is 0 Å².